The molecular weight excluding hydrogens is 318 g/mol. The summed E-state index contributed by atoms with van der Waals surface area (Å²) in [7, 11) is 1.59. The van der Waals surface area contributed by atoms with Crippen molar-refractivity contribution in [1.82, 2.24) is 15.2 Å². The van der Waals surface area contributed by atoms with Gasteiger partial charge in [-0.2, -0.15) is 0 Å². The minimum atomic E-state index is -0.936. The van der Waals surface area contributed by atoms with E-state index >= 15 is 0 Å². The van der Waals surface area contributed by atoms with Gasteiger partial charge in [-0.15, -0.1) is 0 Å². The number of nitrogens with one attached hydrogen (secondary N) is 2. The summed E-state index contributed by atoms with van der Waals surface area (Å²) in [5.41, 5.74) is 0.981. The number of H-pyrrole nitrogens is 1. The van der Waals surface area contributed by atoms with E-state index in [-0.39, 0.29) is 17.6 Å². The standard InChI is InChI=1S/C19H25N3O3/c1-12(23)19(3,4)22(5)18(25)17(21-13(2)24)10-14-11-20-16-9-7-6-8-15(14)16/h6-9,11,17,20H,10H2,1-5H3,(H,21,24)/t17-/m1/s1. The van der Waals surface area contributed by atoms with Crippen molar-refractivity contribution in [3.8, 4) is 0 Å². The molecule has 0 fully saturated rings. The van der Waals surface area contributed by atoms with E-state index in [1.54, 1.807) is 20.9 Å². The molecule has 1 aromatic heterocycles. The van der Waals surface area contributed by atoms with Gasteiger partial charge < -0.3 is 15.2 Å². The van der Waals surface area contributed by atoms with Crippen LogP contribution in [-0.4, -0.2) is 46.1 Å². The molecule has 2 amide bonds. The Bertz CT molecular complexity index is 807. The summed E-state index contributed by atoms with van der Waals surface area (Å²) in [6, 6.07) is 7.06. The third kappa shape index (κ3) is 3.90. The Morgan fingerprint density at radius 3 is 2.44 bits per heavy atom. The van der Waals surface area contributed by atoms with Crippen LogP contribution in [-0.2, 0) is 20.8 Å². The lowest BCUT2D eigenvalue weighted by Gasteiger charge is -2.35. The zero-order valence-electron chi connectivity index (χ0n) is 15.3. The molecule has 1 heterocycles. The monoisotopic (exact) mass is 343 g/mol. The highest BCUT2D eigenvalue weighted by atomic mass is 16.2. The largest absolute Gasteiger partial charge is 0.361 e. The first-order valence-corrected chi connectivity index (χ1v) is 8.25. The molecule has 6 nitrogen and oxygen atoms in total. The number of nitrogens with zero attached hydrogens (tertiary/aromatic N) is 1. The summed E-state index contributed by atoms with van der Waals surface area (Å²) in [4.78, 5) is 41.0. The number of aromatic amines is 1. The average Bonchev–Trinajstić information content (AvgIpc) is 2.95. The maximum absolute atomic E-state index is 12.9. The summed E-state index contributed by atoms with van der Waals surface area (Å²) in [5, 5.41) is 3.73. The van der Waals surface area contributed by atoms with E-state index < -0.39 is 11.6 Å². The highest BCUT2D eigenvalue weighted by Crippen LogP contribution is 2.21. The Morgan fingerprint density at radius 1 is 1.20 bits per heavy atom. The molecule has 2 rings (SSSR count). The van der Waals surface area contributed by atoms with E-state index in [2.05, 4.69) is 10.3 Å². The van der Waals surface area contributed by atoms with Gasteiger partial charge in [-0.1, -0.05) is 18.2 Å². The number of benzene rings is 1. The first kappa shape index (κ1) is 18.7. The number of hydrogen-bond acceptors (Lipinski definition) is 3. The van der Waals surface area contributed by atoms with Crippen molar-refractivity contribution in [2.75, 3.05) is 7.05 Å². The van der Waals surface area contributed by atoms with Crippen LogP contribution in [0.4, 0.5) is 0 Å². The third-order valence-corrected chi connectivity index (χ3v) is 4.81. The fourth-order valence-corrected chi connectivity index (χ4v) is 2.71. The van der Waals surface area contributed by atoms with Crippen LogP contribution in [0.25, 0.3) is 10.9 Å². The topological polar surface area (TPSA) is 82.3 Å². The quantitative estimate of drug-likeness (QED) is 0.842. The van der Waals surface area contributed by atoms with Crippen LogP contribution < -0.4 is 5.32 Å². The molecule has 0 aliphatic rings. The fourth-order valence-electron chi connectivity index (χ4n) is 2.71. The Labute approximate surface area is 147 Å². The van der Waals surface area contributed by atoms with Crippen LogP contribution >= 0.6 is 0 Å². The van der Waals surface area contributed by atoms with Crippen molar-refractivity contribution in [3.63, 3.8) is 0 Å². The van der Waals surface area contributed by atoms with Crippen molar-refractivity contribution in [2.45, 2.75) is 45.7 Å². The Kier molecular flexibility index (Phi) is 5.30. The van der Waals surface area contributed by atoms with Gasteiger partial charge in [0.15, 0.2) is 5.78 Å². The van der Waals surface area contributed by atoms with E-state index in [9.17, 15) is 14.4 Å². The van der Waals surface area contributed by atoms with Gasteiger partial charge in [0.05, 0.1) is 5.54 Å². The number of carbonyl (C=O) groups is 3. The summed E-state index contributed by atoms with van der Waals surface area (Å²) in [5.74, 6) is -0.690. The maximum Gasteiger partial charge on any atom is 0.246 e. The normalized spacial score (nSPS) is 12.7. The van der Waals surface area contributed by atoms with E-state index in [4.69, 9.17) is 0 Å². The van der Waals surface area contributed by atoms with Gasteiger partial charge in [-0.25, -0.2) is 0 Å². The van der Waals surface area contributed by atoms with Crippen LogP contribution in [0.15, 0.2) is 30.5 Å². The number of Topliss-reactive ketones (excluding diaryl/α,β-unsaturated/α-hetero) is 1. The van der Waals surface area contributed by atoms with Gasteiger partial charge in [0.2, 0.25) is 11.8 Å². The second-order valence-electron chi connectivity index (χ2n) is 6.83. The molecule has 0 saturated carbocycles. The number of aromatic nitrogens is 1. The van der Waals surface area contributed by atoms with Crippen molar-refractivity contribution in [3.05, 3.63) is 36.0 Å². The number of carbonyl (C=O) groups excluding carboxylic acids is 3. The molecule has 6 heteroatoms. The minimum Gasteiger partial charge on any atom is -0.361 e. The zero-order chi connectivity index (χ0) is 18.8. The van der Waals surface area contributed by atoms with Crippen LogP contribution in [0.3, 0.4) is 0 Å². The average molecular weight is 343 g/mol. The molecule has 2 N–H and O–H groups in total. The molecule has 0 aliphatic carbocycles. The molecular formula is C19H25N3O3. The molecule has 0 aliphatic heterocycles. The number of hydrogen-bond donors (Lipinski definition) is 2. The van der Waals surface area contributed by atoms with Crippen molar-refractivity contribution >= 4 is 28.5 Å². The Morgan fingerprint density at radius 2 is 1.84 bits per heavy atom. The predicted molar refractivity (Wildman–Crippen MR) is 97.1 cm³/mol. The molecule has 1 atom stereocenters. The van der Waals surface area contributed by atoms with Gasteiger partial charge in [0, 0.05) is 37.5 Å². The molecule has 0 bridgehead atoms. The van der Waals surface area contributed by atoms with Gasteiger partial charge >= 0.3 is 0 Å². The third-order valence-electron chi connectivity index (χ3n) is 4.81. The molecule has 1 aromatic carbocycles. The van der Waals surface area contributed by atoms with Crippen LogP contribution in [0.5, 0.6) is 0 Å². The number of amides is 2. The smallest absolute Gasteiger partial charge is 0.246 e. The maximum atomic E-state index is 12.9. The first-order chi connectivity index (χ1) is 11.6. The molecule has 0 radical (unpaired) electrons. The molecule has 25 heavy (non-hydrogen) atoms. The summed E-state index contributed by atoms with van der Waals surface area (Å²) >= 11 is 0. The molecule has 0 unspecified atom stereocenters. The summed E-state index contributed by atoms with van der Waals surface area (Å²) in [6.45, 7) is 6.23. The van der Waals surface area contributed by atoms with Crippen molar-refractivity contribution < 1.29 is 14.4 Å². The zero-order valence-corrected chi connectivity index (χ0v) is 15.3. The number of ketones is 1. The van der Waals surface area contributed by atoms with Crippen LogP contribution in [0.2, 0.25) is 0 Å². The van der Waals surface area contributed by atoms with E-state index in [1.807, 2.05) is 30.5 Å². The van der Waals surface area contributed by atoms with Crippen molar-refractivity contribution in [2.24, 2.45) is 0 Å². The number of rotatable bonds is 6. The summed E-state index contributed by atoms with van der Waals surface area (Å²) < 4.78 is 0. The van der Waals surface area contributed by atoms with Gasteiger partial charge in [0.1, 0.15) is 6.04 Å². The van der Waals surface area contributed by atoms with Crippen LogP contribution in [0.1, 0.15) is 33.3 Å². The predicted octanol–water partition coefficient (Wildman–Crippen LogP) is 2.04. The molecule has 134 valence electrons. The van der Waals surface area contributed by atoms with E-state index in [0.717, 1.165) is 16.5 Å². The Hall–Kier alpha value is -2.63. The highest BCUT2D eigenvalue weighted by molar-refractivity contribution is 5.94. The number of likely N-dealkylation sites (N-methyl/N-ethyl adjacent to an activating group) is 1. The SMILES string of the molecule is CC(=O)N[C@H](Cc1c[nH]c2ccccc12)C(=O)N(C)C(C)(C)C(C)=O. The van der Waals surface area contributed by atoms with E-state index in [1.165, 1.54) is 18.7 Å². The first-order valence-electron chi connectivity index (χ1n) is 8.25. The molecule has 0 spiro atoms. The summed E-state index contributed by atoms with van der Waals surface area (Å²) in [6.07, 6.45) is 2.20. The van der Waals surface area contributed by atoms with Crippen LogP contribution in [0, 0.1) is 0 Å². The Balaban J connectivity index is 2.31. The second kappa shape index (κ2) is 7.09. The lowest BCUT2D eigenvalue weighted by Crippen LogP contribution is -2.56. The number of para-hydroxylation sites is 1. The second-order valence-corrected chi connectivity index (χ2v) is 6.83. The molecule has 2 aromatic rings. The van der Waals surface area contributed by atoms with Crippen molar-refractivity contribution in [1.29, 1.82) is 0 Å². The minimum absolute atomic E-state index is 0.114. The lowest BCUT2D eigenvalue weighted by molar-refractivity contribution is -0.144. The number of fused-ring (bicyclic) bond motifs is 1. The van der Waals surface area contributed by atoms with Gasteiger partial charge in [-0.3, -0.25) is 14.4 Å². The van der Waals surface area contributed by atoms with Gasteiger partial charge in [-0.05, 0) is 32.4 Å². The van der Waals surface area contributed by atoms with E-state index in [0.29, 0.717) is 6.42 Å². The van der Waals surface area contributed by atoms with Gasteiger partial charge in [0.25, 0.3) is 0 Å². The fraction of sp³-hybridized carbons (Fsp3) is 0.421. The lowest BCUT2D eigenvalue weighted by atomic mass is 9.96. The molecule has 0 saturated heterocycles. The highest BCUT2D eigenvalue weighted by Gasteiger charge is 2.36.